The number of para-hydroxylation sites is 2. The van der Waals surface area contributed by atoms with Gasteiger partial charge < -0.3 is 9.88 Å². The Labute approximate surface area is 135 Å². The largest absolute Gasteiger partial charge is 0.352 e. The van der Waals surface area contributed by atoms with Crippen molar-refractivity contribution in [1.29, 1.82) is 0 Å². The predicted octanol–water partition coefficient (Wildman–Crippen LogP) is 3.29. The van der Waals surface area contributed by atoms with Gasteiger partial charge in [-0.1, -0.05) is 36.4 Å². The van der Waals surface area contributed by atoms with Gasteiger partial charge in [0.2, 0.25) is 5.91 Å². The third-order valence-corrected chi connectivity index (χ3v) is 4.28. The van der Waals surface area contributed by atoms with Crippen LogP contribution in [-0.4, -0.2) is 21.5 Å². The van der Waals surface area contributed by atoms with Crippen molar-refractivity contribution in [3.8, 4) is 11.4 Å². The Hall–Kier alpha value is -2.62. The first-order valence-corrected chi connectivity index (χ1v) is 8.03. The fourth-order valence-corrected chi connectivity index (χ4v) is 2.91. The van der Waals surface area contributed by atoms with E-state index in [1.165, 1.54) is 0 Å². The Morgan fingerprint density at radius 2 is 1.91 bits per heavy atom. The fourth-order valence-electron chi connectivity index (χ4n) is 2.91. The zero-order valence-corrected chi connectivity index (χ0v) is 13.1. The van der Waals surface area contributed by atoms with Gasteiger partial charge in [-0.15, -0.1) is 0 Å². The second-order valence-electron chi connectivity index (χ2n) is 6.17. The number of fused-ring (bicyclic) bond motifs is 1. The summed E-state index contributed by atoms with van der Waals surface area (Å²) in [5.74, 6) is 0.917. The van der Waals surface area contributed by atoms with E-state index in [9.17, 15) is 4.79 Å². The average Bonchev–Trinajstić information content (AvgIpc) is 3.29. The molecule has 23 heavy (non-hydrogen) atoms. The molecule has 1 aliphatic rings. The third-order valence-electron chi connectivity index (χ3n) is 4.28. The van der Waals surface area contributed by atoms with Crippen molar-refractivity contribution in [2.24, 2.45) is 0 Å². The highest BCUT2D eigenvalue weighted by Crippen LogP contribution is 2.27. The number of benzene rings is 2. The molecule has 1 saturated carbocycles. The van der Waals surface area contributed by atoms with Crippen LogP contribution in [0.2, 0.25) is 0 Å². The van der Waals surface area contributed by atoms with Crippen LogP contribution in [0.3, 0.4) is 0 Å². The maximum absolute atomic E-state index is 12.3. The summed E-state index contributed by atoms with van der Waals surface area (Å²) in [6, 6.07) is 16.5. The number of hydrogen-bond donors (Lipinski definition) is 1. The second-order valence-corrected chi connectivity index (χ2v) is 6.17. The van der Waals surface area contributed by atoms with E-state index in [-0.39, 0.29) is 5.91 Å². The first-order valence-electron chi connectivity index (χ1n) is 8.03. The molecule has 0 spiro atoms. The number of carbonyl (C=O) groups is 1. The van der Waals surface area contributed by atoms with Gasteiger partial charge in [-0.2, -0.15) is 0 Å². The lowest BCUT2D eigenvalue weighted by atomic mass is 10.1. The van der Waals surface area contributed by atoms with Crippen molar-refractivity contribution in [3.05, 3.63) is 54.1 Å². The van der Waals surface area contributed by atoms with Gasteiger partial charge in [0.05, 0.1) is 11.0 Å². The number of nitrogens with zero attached hydrogens (tertiary/aromatic N) is 2. The maximum Gasteiger partial charge on any atom is 0.240 e. The van der Waals surface area contributed by atoms with E-state index in [0.29, 0.717) is 12.6 Å². The molecule has 0 bridgehead atoms. The Bertz CT molecular complexity index is 877. The number of rotatable bonds is 4. The quantitative estimate of drug-likeness (QED) is 0.804. The van der Waals surface area contributed by atoms with E-state index in [0.717, 1.165) is 40.8 Å². The second kappa shape index (κ2) is 5.54. The Morgan fingerprint density at radius 1 is 1.17 bits per heavy atom. The summed E-state index contributed by atoms with van der Waals surface area (Å²) in [5, 5.41) is 3.06. The van der Waals surface area contributed by atoms with Crippen LogP contribution in [0.1, 0.15) is 18.4 Å². The fraction of sp³-hybridized carbons (Fsp3) is 0.263. The molecule has 0 aliphatic heterocycles. The molecule has 0 saturated heterocycles. The molecule has 1 fully saturated rings. The summed E-state index contributed by atoms with van der Waals surface area (Å²) in [6.45, 7) is 2.38. The molecule has 1 amide bonds. The summed E-state index contributed by atoms with van der Waals surface area (Å²) >= 11 is 0. The van der Waals surface area contributed by atoms with Crippen LogP contribution in [0.15, 0.2) is 48.5 Å². The molecular weight excluding hydrogens is 286 g/mol. The molecule has 116 valence electrons. The van der Waals surface area contributed by atoms with Crippen molar-refractivity contribution < 1.29 is 4.79 Å². The molecule has 0 atom stereocenters. The first kappa shape index (κ1) is 14.0. The number of amides is 1. The van der Waals surface area contributed by atoms with Gasteiger partial charge in [0.1, 0.15) is 12.4 Å². The van der Waals surface area contributed by atoms with Crippen LogP contribution >= 0.6 is 0 Å². The molecular formula is C19H19N3O. The van der Waals surface area contributed by atoms with Crippen LogP contribution in [0.5, 0.6) is 0 Å². The summed E-state index contributed by atoms with van der Waals surface area (Å²) in [4.78, 5) is 17.1. The number of nitrogens with one attached hydrogen (secondary N) is 1. The first-order chi connectivity index (χ1) is 11.2. The number of aromatic nitrogens is 2. The minimum atomic E-state index is 0.0606. The standard InChI is InChI=1S/C19H19N3O/c1-13-6-2-3-7-15(13)19-21-16-8-4-5-9-17(16)22(19)12-18(23)20-14-10-11-14/h2-9,14H,10-12H2,1H3,(H,20,23). The molecule has 3 aromatic rings. The van der Waals surface area contributed by atoms with E-state index < -0.39 is 0 Å². The molecule has 1 aromatic heterocycles. The topological polar surface area (TPSA) is 46.9 Å². The molecule has 4 nitrogen and oxygen atoms in total. The number of aryl methyl sites for hydroxylation is 1. The van der Waals surface area contributed by atoms with E-state index in [4.69, 9.17) is 4.98 Å². The van der Waals surface area contributed by atoms with Crippen LogP contribution in [0, 0.1) is 6.92 Å². The molecule has 1 N–H and O–H groups in total. The molecule has 1 aliphatic carbocycles. The van der Waals surface area contributed by atoms with Gasteiger partial charge in [0, 0.05) is 11.6 Å². The van der Waals surface area contributed by atoms with Gasteiger partial charge in [-0.25, -0.2) is 4.98 Å². The lowest BCUT2D eigenvalue weighted by Crippen LogP contribution is -2.29. The van der Waals surface area contributed by atoms with E-state index in [1.54, 1.807) is 0 Å². The summed E-state index contributed by atoms with van der Waals surface area (Å²) in [7, 11) is 0. The summed E-state index contributed by atoms with van der Waals surface area (Å²) < 4.78 is 2.02. The van der Waals surface area contributed by atoms with E-state index >= 15 is 0 Å². The Kier molecular flexibility index (Phi) is 3.37. The summed E-state index contributed by atoms with van der Waals surface area (Å²) in [6.07, 6.45) is 2.20. The minimum absolute atomic E-state index is 0.0606. The normalized spacial score (nSPS) is 14.1. The molecule has 0 unspecified atom stereocenters. The van der Waals surface area contributed by atoms with E-state index in [1.807, 2.05) is 41.0 Å². The SMILES string of the molecule is Cc1ccccc1-c1nc2ccccc2n1CC(=O)NC1CC1. The summed E-state index contributed by atoms with van der Waals surface area (Å²) in [5.41, 5.74) is 4.15. The third kappa shape index (κ3) is 2.72. The molecule has 0 radical (unpaired) electrons. The van der Waals surface area contributed by atoms with Crippen molar-refractivity contribution in [2.45, 2.75) is 32.4 Å². The van der Waals surface area contributed by atoms with Gasteiger partial charge in [-0.05, 0) is 37.5 Å². The zero-order chi connectivity index (χ0) is 15.8. The molecule has 2 aromatic carbocycles. The minimum Gasteiger partial charge on any atom is -0.352 e. The lowest BCUT2D eigenvalue weighted by molar-refractivity contribution is -0.121. The smallest absolute Gasteiger partial charge is 0.240 e. The average molecular weight is 305 g/mol. The number of hydrogen-bond acceptors (Lipinski definition) is 2. The molecule has 4 rings (SSSR count). The predicted molar refractivity (Wildman–Crippen MR) is 91.1 cm³/mol. The van der Waals surface area contributed by atoms with Crippen molar-refractivity contribution in [2.75, 3.05) is 0 Å². The van der Waals surface area contributed by atoms with Crippen LogP contribution in [0.25, 0.3) is 22.4 Å². The number of carbonyl (C=O) groups excluding carboxylic acids is 1. The lowest BCUT2D eigenvalue weighted by Gasteiger charge is -2.11. The highest BCUT2D eigenvalue weighted by molar-refractivity contribution is 5.85. The van der Waals surface area contributed by atoms with Crippen LogP contribution < -0.4 is 5.32 Å². The molecule has 1 heterocycles. The van der Waals surface area contributed by atoms with Crippen LogP contribution in [0.4, 0.5) is 0 Å². The van der Waals surface area contributed by atoms with Crippen molar-refractivity contribution in [1.82, 2.24) is 14.9 Å². The maximum atomic E-state index is 12.3. The highest BCUT2D eigenvalue weighted by Gasteiger charge is 2.24. The van der Waals surface area contributed by atoms with Gasteiger partial charge in [0.15, 0.2) is 0 Å². The van der Waals surface area contributed by atoms with Gasteiger partial charge in [0.25, 0.3) is 0 Å². The number of imidazole rings is 1. The zero-order valence-electron chi connectivity index (χ0n) is 13.1. The van der Waals surface area contributed by atoms with Crippen molar-refractivity contribution >= 4 is 16.9 Å². The van der Waals surface area contributed by atoms with Crippen LogP contribution in [-0.2, 0) is 11.3 Å². The van der Waals surface area contributed by atoms with Crippen molar-refractivity contribution in [3.63, 3.8) is 0 Å². The van der Waals surface area contributed by atoms with Gasteiger partial charge in [-0.3, -0.25) is 4.79 Å². The molecule has 4 heteroatoms. The Balaban J connectivity index is 1.81. The monoisotopic (exact) mass is 305 g/mol. The van der Waals surface area contributed by atoms with Gasteiger partial charge >= 0.3 is 0 Å². The van der Waals surface area contributed by atoms with E-state index in [2.05, 4.69) is 24.4 Å². The highest BCUT2D eigenvalue weighted by atomic mass is 16.2. The Morgan fingerprint density at radius 3 is 2.70 bits per heavy atom.